The van der Waals surface area contributed by atoms with Gasteiger partial charge in [0, 0.05) is 19.3 Å². The number of benzene rings is 1. The molecule has 27 heavy (non-hydrogen) atoms. The van der Waals surface area contributed by atoms with Crippen molar-refractivity contribution in [3.63, 3.8) is 0 Å². The number of nitrogens with zero attached hydrogens (tertiary/aromatic N) is 2. The Labute approximate surface area is 157 Å². The highest BCUT2D eigenvalue weighted by atomic mass is 16.5. The lowest BCUT2D eigenvalue weighted by Crippen LogP contribution is -2.36. The van der Waals surface area contributed by atoms with E-state index in [-0.39, 0.29) is 28.3 Å². The minimum absolute atomic E-state index is 0.0869. The molecule has 8 heteroatoms. The van der Waals surface area contributed by atoms with Crippen LogP contribution in [0.1, 0.15) is 40.0 Å². The summed E-state index contributed by atoms with van der Waals surface area (Å²) in [6.45, 7) is 1.23. The van der Waals surface area contributed by atoms with Gasteiger partial charge in [0.25, 0.3) is 5.91 Å². The Morgan fingerprint density at radius 3 is 2.37 bits per heavy atom. The summed E-state index contributed by atoms with van der Waals surface area (Å²) < 4.78 is 9.39. The van der Waals surface area contributed by atoms with Crippen molar-refractivity contribution in [3.05, 3.63) is 41.1 Å². The van der Waals surface area contributed by atoms with Gasteiger partial charge in [-0.05, 0) is 37.5 Å². The largest absolute Gasteiger partial charge is 0.465 e. The van der Waals surface area contributed by atoms with E-state index in [9.17, 15) is 19.6 Å². The normalized spacial score (nSPS) is 14.1. The molecular formula is C19H21N3O5. The number of nitrogens with one attached hydrogen (secondary N) is 1. The molecule has 1 saturated heterocycles. The van der Waals surface area contributed by atoms with Crippen molar-refractivity contribution in [2.45, 2.75) is 19.3 Å². The van der Waals surface area contributed by atoms with Gasteiger partial charge < -0.3 is 19.7 Å². The van der Waals surface area contributed by atoms with E-state index in [1.807, 2.05) is 6.07 Å². The first-order chi connectivity index (χ1) is 13.0. The maximum absolute atomic E-state index is 12.5. The zero-order valence-electron chi connectivity index (χ0n) is 15.3. The number of rotatable bonds is 5. The second kappa shape index (κ2) is 9.38. The van der Waals surface area contributed by atoms with Crippen LogP contribution >= 0.6 is 0 Å². The van der Waals surface area contributed by atoms with Crippen LogP contribution in [0.2, 0.25) is 0 Å². The number of carbonyl (C=O) groups excluding carboxylic acids is 3. The molecule has 142 valence electrons. The summed E-state index contributed by atoms with van der Waals surface area (Å²) in [7, 11) is 2.48. The van der Waals surface area contributed by atoms with Gasteiger partial charge in [-0.25, -0.2) is 9.59 Å². The van der Waals surface area contributed by atoms with Crippen LogP contribution in [-0.2, 0) is 14.3 Å². The van der Waals surface area contributed by atoms with E-state index >= 15 is 0 Å². The van der Waals surface area contributed by atoms with Crippen molar-refractivity contribution in [1.82, 2.24) is 4.90 Å². The van der Waals surface area contributed by atoms with Crippen LogP contribution < -0.4 is 5.32 Å². The molecule has 0 radical (unpaired) electrons. The smallest absolute Gasteiger partial charge is 0.339 e. The van der Waals surface area contributed by atoms with Crippen LogP contribution in [0.15, 0.2) is 30.0 Å². The molecule has 1 fully saturated rings. The molecule has 1 aromatic carbocycles. The molecule has 2 rings (SSSR count). The van der Waals surface area contributed by atoms with Gasteiger partial charge in [0.15, 0.2) is 0 Å². The zero-order valence-corrected chi connectivity index (χ0v) is 15.3. The number of esters is 2. The molecular weight excluding hydrogens is 350 g/mol. The number of amides is 1. The Morgan fingerprint density at radius 2 is 1.78 bits per heavy atom. The fourth-order valence-electron chi connectivity index (χ4n) is 2.76. The Bertz CT molecular complexity index is 804. The van der Waals surface area contributed by atoms with Crippen LogP contribution in [-0.4, -0.2) is 50.1 Å². The number of methoxy groups -OCH3 is 2. The summed E-state index contributed by atoms with van der Waals surface area (Å²) in [5.74, 6) is -1.57. The van der Waals surface area contributed by atoms with Gasteiger partial charge in [0.05, 0.1) is 31.0 Å². The number of hydrogen-bond donors (Lipinski definition) is 1. The Hall–Kier alpha value is -3.34. The highest BCUT2D eigenvalue weighted by molar-refractivity contribution is 6.00. The number of piperidine rings is 1. The topological polar surface area (TPSA) is 109 Å². The Morgan fingerprint density at radius 1 is 1.11 bits per heavy atom. The number of anilines is 1. The molecule has 8 nitrogen and oxygen atoms in total. The third-order valence-corrected chi connectivity index (χ3v) is 4.21. The highest BCUT2D eigenvalue weighted by Crippen LogP contribution is 2.20. The predicted octanol–water partition coefficient (Wildman–Crippen LogP) is 2.09. The Balaban J connectivity index is 2.30. The zero-order chi connectivity index (χ0) is 19.8. The first kappa shape index (κ1) is 20.0. The van der Waals surface area contributed by atoms with Crippen molar-refractivity contribution in [3.8, 4) is 6.07 Å². The van der Waals surface area contributed by atoms with Crippen molar-refractivity contribution in [2.24, 2.45) is 0 Å². The summed E-state index contributed by atoms with van der Waals surface area (Å²) in [5, 5.41) is 12.1. The van der Waals surface area contributed by atoms with E-state index in [4.69, 9.17) is 4.74 Å². The highest BCUT2D eigenvalue weighted by Gasteiger charge is 2.21. The fraction of sp³-hybridized carbons (Fsp3) is 0.368. The molecule has 0 bridgehead atoms. The van der Waals surface area contributed by atoms with Crippen molar-refractivity contribution >= 4 is 23.5 Å². The lowest BCUT2D eigenvalue weighted by Gasteiger charge is -2.26. The van der Waals surface area contributed by atoms with Crippen LogP contribution in [0.5, 0.6) is 0 Å². The molecule has 0 unspecified atom stereocenters. The van der Waals surface area contributed by atoms with Gasteiger partial charge in [0.2, 0.25) is 0 Å². The van der Waals surface area contributed by atoms with Gasteiger partial charge in [-0.1, -0.05) is 0 Å². The minimum atomic E-state index is -0.622. The van der Waals surface area contributed by atoms with Crippen LogP contribution in [0, 0.1) is 11.3 Å². The van der Waals surface area contributed by atoms with Crippen molar-refractivity contribution in [1.29, 1.82) is 5.26 Å². The predicted molar refractivity (Wildman–Crippen MR) is 96.9 cm³/mol. The Kier molecular flexibility index (Phi) is 6.94. The summed E-state index contributed by atoms with van der Waals surface area (Å²) in [6.07, 6.45) is 4.12. The van der Waals surface area contributed by atoms with Crippen LogP contribution in [0.3, 0.4) is 0 Å². The summed E-state index contributed by atoms with van der Waals surface area (Å²) in [5.41, 5.74) is 0.506. The molecule has 0 aromatic heterocycles. The lowest BCUT2D eigenvalue weighted by molar-refractivity contribution is -0.127. The van der Waals surface area contributed by atoms with E-state index in [0.717, 1.165) is 19.3 Å². The maximum Gasteiger partial charge on any atom is 0.339 e. The number of likely N-dealkylation sites (tertiary alicyclic amines) is 1. The van der Waals surface area contributed by atoms with E-state index in [1.54, 1.807) is 4.90 Å². The van der Waals surface area contributed by atoms with E-state index in [0.29, 0.717) is 13.1 Å². The van der Waals surface area contributed by atoms with Gasteiger partial charge in [-0.2, -0.15) is 5.26 Å². The summed E-state index contributed by atoms with van der Waals surface area (Å²) in [6, 6.07) is 6.12. The number of hydrogen-bond acceptors (Lipinski definition) is 7. The SMILES string of the molecule is COC(=O)c1ccc(C(=O)OC)c(N/C=C(/C#N)C(=O)N2CCCCC2)c1. The number of nitriles is 1. The second-order valence-corrected chi connectivity index (χ2v) is 5.91. The molecule has 1 heterocycles. The van der Waals surface area contributed by atoms with Gasteiger partial charge in [-0.15, -0.1) is 0 Å². The number of ether oxygens (including phenoxy) is 2. The van der Waals surface area contributed by atoms with E-state index in [2.05, 4.69) is 10.1 Å². The third-order valence-electron chi connectivity index (χ3n) is 4.21. The summed E-state index contributed by atoms with van der Waals surface area (Å²) >= 11 is 0. The average Bonchev–Trinajstić information content (AvgIpc) is 2.73. The standard InChI is InChI=1S/C19H21N3O5/c1-26-18(24)13-6-7-15(19(25)27-2)16(10-13)21-12-14(11-20)17(23)22-8-4-3-5-9-22/h6-7,10,12,21H,3-5,8-9H2,1-2H3/b14-12-. The molecule has 1 aliphatic heterocycles. The van der Waals surface area contributed by atoms with Crippen molar-refractivity contribution in [2.75, 3.05) is 32.6 Å². The molecule has 0 spiro atoms. The van der Waals surface area contributed by atoms with E-state index < -0.39 is 11.9 Å². The molecule has 0 saturated carbocycles. The lowest BCUT2D eigenvalue weighted by atomic mass is 10.1. The second-order valence-electron chi connectivity index (χ2n) is 5.91. The van der Waals surface area contributed by atoms with E-state index in [1.165, 1.54) is 38.6 Å². The quantitative estimate of drug-likeness (QED) is 0.479. The summed E-state index contributed by atoms with van der Waals surface area (Å²) in [4.78, 5) is 37.8. The maximum atomic E-state index is 12.5. The molecule has 1 aromatic rings. The monoisotopic (exact) mass is 371 g/mol. The molecule has 1 N–H and O–H groups in total. The van der Waals surface area contributed by atoms with Gasteiger partial charge in [0.1, 0.15) is 11.6 Å². The first-order valence-corrected chi connectivity index (χ1v) is 8.48. The molecule has 0 atom stereocenters. The molecule has 1 aliphatic rings. The minimum Gasteiger partial charge on any atom is -0.465 e. The van der Waals surface area contributed by atoms with Crippen molar-refractivity contribution < 1.29 is 23.9 Å². The number of carbonyl (C=O) groups is 3. The average molecular weight is 371 g/mol. The van der Waals surface area contributed by atoms with Gasteiger partial charge >= 0.3 is 11.9 Å². The first-order valence-electron chi connectivity index (χ1n) is 8.48. The van der Waals surface area contributed by atoms with Crippen LogP contribution in [0.4, 0.5) is 5.69 Å². The molecule has 0 aliphatic carbocycles. The van der Waals surface area contributed by atoms with Crippen LogP contribution in [0.25, 0.3) is 0 Å². The fourth-order valence-corrected chi connectivity index (χ4v) is 2.76. The third kappa shape index (κ3) is 4.85. The molecule has 1 amide bonds. The van der Waals surface area contributed by atoms with Gasteiger partial charge in [-0.3, -0.25) is 4.79 Å².